The van der Waals surface area contributed by atoms with Gasteiger partial charge in [-0.05, 0) is 29.3 Å². The van der Waals surface area contributed by atoms with Gasteiger partial charge in [-0.15, -0.1) is 21.5 Å². The molecule has 0 aliphatic rings. The van der Waals surface area contributed by atoms with Crippen LogP contribution >= 0.6 is 23.1 Å². The average molecular weight is 333 g/mol. The van der Waals surface area contributed by atoms with Crippen LogP contribution in [-0.4, -0.2) is 24.7 Å². The van der Waals surface area contributed by atoms with Gasteiger partial charge in [0, 0.05) is 24.4 Å². The van der Waals surface area contributed by atoms with Crippen molar-refractivity contribution in [1.82, 2.24) is 19.7 Å². The molecule has 0 saturated carbocycles. The van der Waals surface area contributed by atoms with Crippen LogP contribution in [0.4, 0.5) is 5.69 Å². The second kappa shape index (κ2) is 6.24. The molecule has 0 unspecified atom stereocenters. The third-order valence-corrected chi connectivity index (χ3v) is 4.83. The Hall–Kier alpha value is -2.26. The van der Waals surface area contributed by atoms with Crippen molar-refractivity contribution in [2.24, 2.45) is 7.05 Å². The van der Waals surface area contributed by atoms with Gasteiger partial charge in [0.15, 0.2) is 5.16 Å². The molecule has 0 spiro atoms. The Morgan fingerprint density at radius 2 is 2.23 bits per heavy atom. The monoisotopic (exact) mass is 333 g/mol. The number of nitro groups is 1. The van der Waals surface area contributed by atoms with Gasteiger partial charge in [0.2, 0.25) is 0 Å². The van der Waals surface area contributed by atoms with Crippen LogP contribution in [-0.2, 0) is 13.5 Å². The number of pyridine rings is 1. The van der Waals surface area contributed by atoms with E-state index in [0.717, 1.165) is 12.2 Å². The smallest absolute Gasteiger partial charge is 0.287 e. The van der Waals surface area contributed by atoms with Crippen molar-refractivity contribution in [2.75, 3.05) is 0 Å². The normalized spacial score (nSPS) is 10.8. The fraction of sp³-hybridized carbons (Fsp3) is 0.154. The van der Waals surface area contributed by atoms with Crippen LogP contribution in [0.25, 0.3) is 0 Å². The van der Waals surface area contributed by atoms with Crippen molar-refractivity contribution < 1.29 is 4.92 Å². The molecule has 0 N–H and O–H groups in total. The molecule has 3 heterocycles. The van der Waals surface area contributed by atoms with E-state index in [4.69, 9.17) is 0 Å². The number of nitrogens with zero attached hydrogens (tertiary/aromatic N) is 5. The molecule has 112 valence electrons. The Morgan fingerprint density at radius 1 is 1.36 bits per heavy atom. The molecule has 3 aromatic heterocycles. The molecule has 7 nitrogen and oxygen atoms in total. The predicted octanol–water partition coefficient (Wildman–Crippen LogP) is 2.92. The van der Waals surface area contributed by atoms with Crippen LogP contribution in [0.5, 0.6) is 0 Å². The second-order valence-corrected chi connectivity index (χ2v) is 6.45. The molecule has 9 heteroatoms. The molecule has 0 saturated heterocycles. The summed E-state index contributed by atoms with van der Waals surface area (Å²) in [6.07, 6.45) is 1.97. The Labute approximate surface area is 134 Å². The third-order valence-electron chi connectivity index (χ3n) is 2.96. The Balaban J connectivity index is 1.75. The molecule has 22 heavy (non-hydrogen) atoms. The summed E-state index contributed by atoms with van der Waals surface area (Å²) >= 11 is 3.01. The van der Waals surface area contributed by atoms with Crippen molar-refractivity contribution in [3.63, 3.8) is 0 Å². The van der Waals surface area contributed by atoms with E-state index in [-0.39, 0.29) is 5.69 Å². The van der Waals surface area contributed by atoms with E-state index in [9.17, 15) is 10.1 Å². The maximum Gasteiger partial charge on any atom is 0.287 e. The largest absolute Gasteiger partial charge is 0.309 e. The van der Waals surface area contributed by atoms with Crippen LogP contribution in [0, 0.1) is 10.1 Å². The maximum absolute atomic E-state index is 10.6. The summed E-state index contributed by atoms with van der Waals surface area (Å²) in [6, 6.07) is 7.10. The number of rotatable bonds is 5. The van der Waals surface area contributed by atoms with E-state index >= 15 is 0 Å². The highest BCUT2D eigenvalue weighted by molar-refractivity contribution is 7.99. The summed E-state index contributed by atoms with van der Waals surface area (Å²) in [6.45, 7) is 0. The van der Waals surface area contributed by atoms with E-state index in [1.54, 1.807) is 17.4 Å². The molecule has 0 amide bonds. The van der Waals surface area contributed by atoms with Crippen LogP contribution in [0.2, 0.25) is 0 Å². The quantitative estimate of drug-likeness (QED) is 0.527. The number of aromatic nitrogens is 4. The summed E-state index contributed by atoms with van der Waals surface area (Å²) < 4.78 is 1.91. The van der Waals surface area contributed by atoms with Crippen LogP contribution in [0.15, 0.2) is 46.0 Å². The Bertz CT molecular complexity index is 783. The lowest BCUT2D eigenvalue weighted by Crippen LogP contribution is -1.99. The van der Waals surface area contributed by atoms with E-state index in [1.807, 2.05) is 23.1 Å². The molecule has 0 fully saturated rings. The van der Waals surface area contributed by atoms with Crippen LogP contribution in [0.3, 0.4) is 0 Å². The first kappa shape index (κ1) is 14.7. The van der Waals surface area contributed by atoms with Crippen molar-refractivity contribution in [3.05, 3.63) is 56.7 Å². The van der Waals surface area contributed by atoms with Crippen LogP contribution < -0.4 is 0 Å². The topological polar surface area (TPSA) is 86.7 Å². The minimum atomic E-state index is -0.469. The standard InChI is InChI=1S/C13H11N5O2S2/c1-17-11(7-10-3-2-6-21-10)15-16-13(17)22-12-5-4-9(8-14-12)18(19)20/h2-6,8H,7H2,1H3. The van der Waals surface area contributed by atoms with Gasteiger partial charge >= 0.3 is 0 Å². The van der Waals surface area contributed by atoms with Gasteiger partial charge in [0.1, 0.15) is 17.0 Å². The van der Waals surface area contributed by atoms with Crippen molar-refractivity contribution in [3.8, 4) is 0 Å². The van der Waals surface area contributed by atoms with E-state index in [0.29, 0.717) is 10.2 Å². The van der Waals surface area contributed by atoms with Gasteiger partial charge < -0.3 is 4.57 Å². The summed E-state index contributed by atoms with van der Waals surface area (Å²) in [7, 11) is 1.90. The zero-order chi connectivity index (χ0) is 15.5. The minimum Gasteiger partial charge on any atom is -0.309 e. The van der Waals surface area contributed by atoms with E-state index < -0.39 is 4.92 Å². The molecule has 0 atom stereocenters. The predicted molar refractivity (Wildman–Crippen MR) is 83.1 cm³/mol. The Morgan fingerprint density at radius 3 is 2.86 bits per heavy atom. The summed E-state index contributed by atoms with van der Waals surface area (Å²) in [5, 5.41) is 22.3. The first-order valence-corrected chi connectivity index (χ1v) is 8.02. The Kier molecular flexibility index (Phi) is 4.16. The molecule has 0 aromatic carbocycles. The van der Waals surface area contributed by atoms with Crippen molar-refractivity contribution >= 4 is 28.8 Å². The first-order chi connectivity index (χ1) is 10.6. The van der Waals surface area contributed by atoms with Crippen molar-refractivity contribution in [2.45, 2.75) is 16.6 Å². The maximum atomic E-state index is 10.6. The zero-order valence-electron chi connectivity index (χ0n) is 11.5. The van der Waals surface area contributed by atoms with Gasteiger partial charge in [-0.25, -0.2) is 4.98 Å². The molecular weight excluding hydrogens is 322 g/mol. The fourth-order valence-electron chi connectivity index (χ4n) is 1.79. The van der Waals surface area contributed by atoms with Crippen LogP contribution in [0.1, 0.15) is 10.7 Å². The fourth-order valence-corrected chi connectivity index (χ4v) is 3.25. The minimum absolute atomic E-state index is 0.0271. The lowest BCUT2D eigenvalue weighted by atomic mass is 10.3. The average Bonchev–Trinajstić information content (AvgIpc) is 3.13. The van der Waals surface area contributed by atoms with Gasteiger partial charge in [0.05, 0.1) is 4.92 Å². The molecular formula is C13H11N5O2S2. The summed E-state index contributed by atoms with van der Waals surface area (Å²) in [5.41, 5.74) is -0.0271. The molecule has 0 radical (unpaired) electrons. The summed E-state index contributed by atoms with van der Waals surface area (Å²) in [5.74, 6) is 0.867. The molecule has 3 rings (SSSR count). The molecule has 3 aromatic rings. The van der Waals surface area contributed by atoms with Gasteiger partial charge in [0.25, 0.3) is 5.69 Å². The highest BCUT2D eigenvalue weighted by Crippen LogP contribution is 2.26. The number of hydrogen-bond donors (Lipinski definition) is 0. The van der Waals surface area contributed by atoms with Gasteiger partial charge in [-0.1, -0.05) is 6.07 Å². The molecule has 0 bridgehead atoms. The second-order valence-electron chi connectivity index (χ2n) is 4.43. The molecule has 0 aliphatic heterocycles. The molecule has 0 aliphatic carbocycles. The zero-order valence-corrected chi connectivity index (χ0v) is 13.2. The summed E-state index contributed by atoms with van der Waals surface area (Å²) in [4.78, 5) is 15.4. The number of thiophene rings is 1. The lowest BCUT2D eigenvalue weighted by Gasteiger charge is -2.02. The van der Waals surface area contributed by atoms with Gasteiger partial charge in [-0.3, -0.25) is 10.1 Å². The third kappa shape index (κ3) is 3.15. The van der Waals surface area contributed by atoms with Gasteiger partial charge in [-0.2, -0.15) is 0 Å². The van der Waals surface area contributed by atoms with E-state index in [1.165, 1.54) is 28.9 Å². The first-order valence-electron chi connectivity index (χ1n) is 6.32. The highest BCUT2D eigenvalue weighted by atomic mass is 32.2. The lowest BCUT2D eigenvalue weighted by molar-refractivity contribution is -0.385. The SMILES string of the molecule is Cn1c(Cc2cccs2)nnc1Sc1ccc([N+](=O)[O-])cn1. The van der Waals surface area contributed by atoms with Crippen molar-refractivity contribution in [1.29, 1.82) is 0 Å². The highest BCUT2D eigenvalue weighted by Gasteiger charge is 2.13. The number of hydrogen-bond acceptors (Lipinski definition) is 7. The van der Waals surface area contributed by atoms with E-state index in [2.05, 4.69) is 21.2 Å².